The molecule has 2 rings (SSSR count). The van der Waals surface area contributed by atoms with E-state index in [2.05, 4.69) is 5.32 Å². The van der Waals surface area contributed by atoms with Crippen molar-refractivity contribution in [1.82, 2.24) is 5.32 Å². The highest BCUT2D eigenvalue weighted by atomic mass is 16.4. The number of carbonyl (C=O) groups is 2. The summed E-state index contributed by atoms with van der Waals surface area (Å²) in [4.78, 5) is 23.4. The number of carboxylic acid groups (broad SMARTS) is 1. The number of hydrogen-bond acceptors (Lipinski definition) is 2. The van der Waals surface area contributed by atoms with Crippen LogP contribution in [0.3, 0.4) is 0 Å². The van der Waals surface area contributed by atoms with Crippen LogP contribution in [-0.2, 0) is 15.0 Å². The van der Waals surface area contributed by atoms with Gasteiger partial charge >= 0.3 is 5.97 Å². The van der Waals surface area contributed by atoms with Crippen molar-refractivity contribution in [1.29, 1.82) is 0 Å². The molecule has 1 aromatic rings. The van der Waals surface area contributed by atoms with Gasteiger partial charge in [-0.25, -0.2) is 4.79 Å². The lowest BCUT2D eigenvalue weighted by Crippen LogP contribution is -2.45. The Morgan fingerprint density at radius 2 is 1.95 bits per heavy atom. The molecule has 0 radical (unpaired) electrons. The maximum absolute atomic E-state index is 12.3. The second-order valence-electron chi connectivity index (χ2n) is 5.10. The molecule has 102 valence electrons. The van der Waals surface area contributed by atoms with Crippen molar-refractivity contribution in [2.45, 2.75) is 44.1 Å². The van der Waals surface area contributed by atoms with Crippen LogP contribution >= 0.6 is 0 Å². The predicted octanol–water partition coefficient (Wildman–Crippen LogP) is 2.09. The maximum Gasteiger partial charge on any atom is 0.326 e. The largest absolute Gasteiger partial charge is 0.480 e. The summed E-state index contributed by atoms with van der Waals surface area (Å²) in [5.41, 5.74) is 0.482. The van der Waals surface area contributed by atoms with Crippen LogP contribution in [0.2, 0.25) is 0 Å². The first-order valence-electron chi connectivity index (χ1n) is 6.69. The summed E-state index contributed by atoms with van der Waals surface area (Å²) in [5, 5.41) is 11.8. The van der Waals surface area contributed by atoms with Crippen LogP contribution in [0.25, 0.3) is 0 Å². The summed E-state index contributed by atoms with van der Waals surface area (Å²) in [6.45, 7) is 1.91. The normalized spacial score (nSPS) is 17.5. The molecule has 1 fully saturated rings. The van der Waals surface area contributed by atoms with Gasteiger partial charge in [-0.05, 0) is 24.8 Å². The third-order valence-corrected chi connectivity index (χ3v) is 3.69. The Kier molecular flexibility index (Phi) is 3.88. The molecular formula is C15H19NO3. The first-order valence-corrected chi connectivity index (χ1v) is 6.69. The molecule has 1 aliphatic rings. The van der Waals surface area contributed by atoms with E-state index in [9.17, 15) is 9.59 Å². The van der Waals surface area contributed by atoms with Gasteiger partial charge in [0.1, 0.15) is 6.04 Å². The van der Waals surface area contributed by atoms with Gasteiger partial charge in [-0.15, -0.1) is 0 Å². The molecule has 0 bridgehead atoms. The Balaban J connectivity index is 2.10. The average molecular weight is 261 g/mol. The average Bonchev–Trinajstić information content (AvgIpc) is 3.20. The second-order valence-corrected chi connectivity index (χ2v) is 5.10. The zero-order valence-electron chi connectivity index (χ0n) is 11.1. The predicted molar refractivity (Wildman–Crippen MR) is 71.8 cm³/mol. The quantitative estimate of drug-likeness (QED) is 0.824. The van der Waals surface area contributed by atoms with Crippen LogP contribution in [0, 0.1) is 0 Å². The zero-order valence-corrected chi connectivity index (χ0v) is 11.1. The fraction of sp³-hybridized carbons (Fsp3) is 0.467. The van der Waals surface area contributed by atoms with Crippen LogP contribution in [0.15, 0.2) is 30.3 Å². The van der Waals surface area contributed by atoms with Crippen molar-refractivity contribution in [3.8, 4) is 0 Å². The third kappa shape index (κ3) is 2.78. The molecule has 0 aliphatic heterocycles. The molecule has 0 spiro atoms. The molecule has 1 atom stereocenters. The highest BCUT2D eigenvalue weighted by Crippen LogP contribution is 2.48. The molecule has 0 heterocycles. The van der Waals surface area contributed by atoms with Crippen molar-refractivity contribution in [3.63, 3.8) is 0 Å². The maximum atomic E-state index is 12.3. The minimum atomic E-state index is -0.959. The minimum absolute atomic E-state index is 0.153. The highest BCUT2D eigenvalue weighted by molar-refractivity contribution is 5.93. The summed E-state index contributed by atoms with van der Waals surface area (Å²) in [5.74, 6) is -1.11. The summed E-state index contributed by atoms with van der Waals surface area (Å²) in [6.07, 6.45) is 2.78. The number of nitrogens with one attached hydrogen (secondary N) is 1. The van der Waals surface area contributed by atoms with Gasteiger partial charge in [0.05, 0.1) is 5.41 Å². The molecule has 1 aromatic carbocycles. The van der Waals surface area contributed by atoms with E-state index in [1.165, 1.54) is 0 Å². The fourth-order valence-corrected chi connectivity index (χ4v) is 2.37. The first kappa shape index (κ1) is 13.6. The molecule has 4 nitrogen and oxygen atoms in total. The summed E-state index contributed by atoms with van der Waals surface area (Å²) in [6, 6.07) is 8.81. The van der Waals surface area contributed by atoms with E-state index in [0.29, 0.717) is 6.42 Å². The molecule has 0 aromatic heterocycles. The molecule has 4 heteroatoms. The van der Waals surface area contributed by atoms with Crippen molar-refractivity contribution in [2.24, 2.45) is 0 Å². The Hall–Kier alpha value is -1.84. The number of benzene rings is 1. The van der Waals surface area contributed by atoms with E-state index in [1.54, 1.807) is 0 Å². The second kappa shape index (κ2) is 5.43. The van der Waals surface area contributed by atoms with Crippen LogP contribution < -0.4 is 5.32 Å². The van der Waals surface area contributed by atoms with Gasteiger partial charge in [0.15, 0.2) is 0 Å². The first-order chi connectivity index (χ1) is 9.10. The number of carbonyl (C=O) groups excluding carboxylic acids is 1. The van der Waals surface area contributed by atoms with Gasteiger partial charge in [-0.3, -0.25) is 4.79 Å². The summed E-state index contributed by atoms with van der Waals surface area (Å²) >= 11 is 0. The molecule has 1 amide bonds. The lowest BCUT2D eigenvalue weighted by molar-refractivity contribution is -0.142. The Morgan fingerprint density at radius 1 is 1.32 bits per heavy atom. The SMILES string of the molecule is CCCC(NC(=O)C1(c2ccccc2)CC1)C(=O)O. The van der Waals surface area contributed by atoms with Crippen molar-refractivity contribution in [3.05, 3.63) is 35.9 Å². The van der Waals surface area contributed by atoms with Gasteiger partial charge in [-0.2, -0.15) is 0 Å². The molecule has 1 aliphatic carbocycles. The lowest BCUT2D eigenvalue weighted by Gasteiger charge is -2.19. The molecule has 19 heavy (non-hydrogen) atoms. The van der Waals surface area contributed by atoms with E-state index in [-0.39, 0.29) is 5.91 Å². The van der Waals surface area contributed by atoms with Crippen LogP contribution in [0.5, 0.6) is 0 Å². The van der Waals surface area contributed by atoms with Gasteiger partial charge in [-0.1, -0.05) is 43.7 Å². The van der Waals surface area contributed by atoms with Crippen LogP contribution in [0.1, 0.15) is 38.2 Å². The molecule has 1 saturated carbocycles. The van der Waals surface area contributed by atoms with E-state index in [0.717, 1.165) is 24.8 Å². The van der Waals surface area contributed by atoms with Crippen LogP contribution in [-0.4, -0.2) is 23.0 Å². The van der Waals surface area contributed by atoms with Crippen LogP contribution in [0.4, 0.5) is 0 Å². The standard InChI is InChI=1S/C15H19NO3/c1-2-6-12(13(17)18)16-14(19)15(9-10-15)11-7-4-3-5-8-11/h3-5,7-8,12H,2,6,9-10H2,1H3,(H,16,19)(H,17,18). The van der Waals surface area contributed by atoms with Crippen molar-refractivity contribution in [2.75, 3.05) is 0 Å². The molecular weight excluding hydrogens is 242 g/mol. The summed E-state index contributed by atoms with van der Waals surface area (Å²) in [7, 11) is 0. The number of carboxylic acids is 1. The van der Waals surface area contributed by atoms with E-state index in [4.69, 9.17) is 5.11 Å². The molecule has 0 saturated heterocycles. The van der Waals surface area contributed by atoms with E-state index in [1.807, 2.05) is 37.3 Å². The fourth-order valence-electron chi connectivity index (χ4n) is 2.37. The van der Waals surface area contributed by atoms with Gasteiger partial charge < -0.3 is 10.4 Å². The number of hydrogen-bond donors (Lipinski definition) is 2. The highest BCUT2D eigenvalue weighted by Gasteiger charge is 2.51. The Morgan fingerprint density at radius 3 is 2.42 bits per heavy atom. The minimum Gasteiger partial charge on any atom is -0.480 e. The van der Waals surface area contributed by atoms with E-state index < -0.39 is 17.4 Å². The lowest BCUT2D eigenvalue weighted by atomic mass is 9.94. The molecule has 2 N–H and O–H groups in total. The number of amides is 1. The third-order valence-electron chi connectivity index (χ3n) is 3.69. The Labute approximate surface area is 112 Å². The number of rotatable bonds is 6. The zero-order chi connectivity index (χ0) is 13.9. The summed E-state index contributed by atoms with van der Waals surface area (Å²) < 4.78 is 0. The van der Waals surface area contributed by atoms with Gasteiger partial charge in [0.2, 0.25) is 5.91 Å². The topological polar surface area (TPSA) is 66.4 Å². The Bertz CT molecular complexity index is 466. The smallest absolute Gasteiger partial charge is 0.326 e. The number of aliphatic carboxylic acids is 1. The van der Waals surface area contributed by atoms with Crippen molar-refractivity contribution >= 4 is 11.9 Å². The van der Waals surface area contributed by atoms with Gasteiger partial charge in [0.25, 0.3) is 0 Å². The monoisotopic (exact) mass is 261 g/mol. The van der Waals surface area contributed by atoms with Crippen molar-refractivity contribution < 1.29 is 14.7 Å². The van der Waals surface area contributed by atoms with Gasteiger partial charge in [0, 0.05) is 0 Å². The van der Waals surface area contributed by atoms with E-state index >= 15 is 0 Å². The molecule has 1 unspecified atom stereocenters.